The Labute approximate surface area is 188 Å². The molecule has 0 fully saturated rings. The second-order valence-electron chi connectivity index (χ2n) is 7.56. The fourth-order valence-corrected chi connectivity index (χ4v) is 3.95. The average Bonchev–Trinajstić information content (AvgIpc) is 3.35. The summed E-state index contributed by atoms with van der Waals surface area (Å²) >= 11 is 6.09. The van der Waals surface area contributed by atoms with E-state index in [9.17, 15) is 9.18 Å². The lowest BCUT2D eigenvalue weighted by atomic mass is 10.1. The first kappa shape index (κ1) is 20.2. The number of halogens is 2. The molecule has 0 saturated heterocycles. The third-order valence-corrected chi connectivity index (χ3v) is 5.60. The number of aromatic nitrogens is 3. The number of carbonyl (C=O) groups is 1. The van der Waals surface area contributed by atoms with Crippen LogP contribution in [0.1, 0.15) is 21.5 Å². The summed E-state index contributed by atoms with van der Waals surface area (Å²) in [6.07, 6.45) is 5.41. The number of hydrogen-bond donors (Lipinski definition) is 0. The van der Waals surface area contributed by atoms with E-state index in [4.69, 9.17) is 16.3 Å². The van der Waals surface area contributed by atoms with Crippen LogP contribution in [0.4, 0.5) is 4.39 Å². The number of nitrogens with zero attached hydrogens (tertiary/aromatic N) is 4. The molecule has 32 heavy (non-hydrogen) atoms. The van der Waals surface area contributed by atoms with Crippen molar-refractivity contribution in [3.05, 3.63) is 94.7 Å². The standard InChI is InChI=1S/C24H18ClFN4O2/c1-29-13-17(11-28-29)20-9-8-15(10-27-20)12-30-14-16-4-2-7-21(22(16)24(30)31)32-23-18(25)5-3-6-19(23)26/h2-11,13H,12,14H2,1H3. The molecule has 0 radical (unpaired) electrons. The number of aryl methyl sites for hydroxylation is 1. The summed E-state index contributed by atoms with van der Waals surface area (Å²) in [4.78, 5) is 19.4. The molecule has 3 heterocycles. The molecule has 0 atom stereocenters. The summed E-state index contributed by atoms with van der Waals surface area (Å²) in [6, 6.07) is 13.5. The summed E-state index contributed by atoms with van der Waals surface area (Å²) in [5.74, 6) is -0.576. The predicted molar refractivity (Wildman–Crippen MR) is 118 cm³/mol. The van der Waals surface area contributed by atoms with Gasteiger partial charge in [-0.3, -0.25) is 14.5 Å². The van der Waals surface area contributed by atoms with Gasteiger partial charge >= 0.3 is 0 Å². The maximum absolute atomic E-state index is 14.2. The van der Waals surface area contributed by atoms with E-state index in [2.05, 4.69) is 10.1 Å². The second-order valence-corrected chi connectivity index (χ2v) is 7.97. The Kier molecular flexibility index (Phi) is 5.11. The zero-order valence-electron chi connectivity index (χ0n) is 17.1. The van der Waals surface area contributed by atoms with E-state index >= 15 is 0 Å². The minimum atomic E-state index is -0.586. The third kappa shape index (κ3) is 3.71. The number of fused-ring (bicyclic) bond motifs is 1. The highest BCUT2D eigenvalue weighted by atomic mass is 35.5. The molecule has 5 rings (SSSR count). The monoisotopic (exact) mass is 448 g/mol. The number of benzene rings is 2. The molecule has 160 valence electrons. The van der Waals surface area contributed by atoms with Gasteiger partial charge < -0.3 is 9.64 Å². The van der Waals surface area contributed by atoms with E-state index in [1.165, 1.54) is 12.1 Å². The molecule has 0 unspecified atom stereocenters. The highest BCUT2D eigenvalue weighted by molar-refractivity contribution is 6.32. The zero-order chi connectivity index (χ0) is 22.2. The molecule has 4 aromatic rings. The van der Waals surface area contributed by atoms with Crippen molar-refractivity contribution in [3.63, 3.8) is 0 Å². The van der Waals surface area contributed by atoms with Crippen LogP contribution in [0.25, 0.3) is 11.3 Å². The first-order valence-corrected chi connectivity index (χ1v) is 10.3. The Morgan fingerprint density at radius 2 is 1.97 bits per heavy atom. The summed E-state index contributed by atoms with van der Waals surface area (Å²) in [7, 11) is 1.85. The molecule has 0 bridgehead atoms. The van der Waals surface area contributed by atoms with Crippen LogP contribution in [0.2, 0.25) is 5.02 Å². The van der Waals surface area contributed by atoms with Gasteiger partial charge in [0.1, 0.15) is 5.75 Å². The third-order valence-electron chi connectivity index (χ3n) is 5.30. The largest absolute Gasteiger partial charge is 0.452 e. The van der Waals surface area contributed by atoms with E-state index in [0.717, 1.165) is 22.4 Å². The van der Waals surface area contributed by atoms with Crippen molar-refractivity contribution in [2.45, 2.75) is 13.1 Å². The van der Waals surface area contributed by atoms with Crippen LogP contribution in [0, 0.1) is 5.82 Å². The minimum absolute atomic E-state index is 0.0935. The predicted octanol–water partition coefficient (Wildman–Crippen LogP) is 5.22. The van der Waals surface area contributed by atoms with Crippen LogP contribution in [-0.4, -0.2) is 25.6 Å². The van der Waals surface area contributed by atoms with Crippen LogP contribution in [0.15, 0.2) is 67.1 Å². The number of carbonyl (C=O) groups excluding carboxylic acids is 1. The van der Waals surface area contributed by atoms with Gasteiger partial charge in [0, 0.05) is 38.1 Å². The Bertz CT molecular complexity index is 1300. The highest BCUT2D eigenvalue weighted by Gasteiger charge is 2.31. The Balaban J connectivity index is 1.36. The smallest absolute Gasteiger partial charge is 0.258 e. The van der Waals surface area contributed by atoms with E-state index < -0.39 is 5.82 Å². The fourth-order valence-electron chi connectivity index (χ4n) is 3.75. The SMILES string of the molecule is Cn1cc(-c2ccc(CN3Cc4cccc(Oc5c(F)cccc5Cl)c4C3=O)cn2)cn1. The zero-order valence-corrected chi connectivity index (χ0v) is 17.9. The van der Waals surface area contributed by atoms with Crippen LogP contribution in [0.5, 0.6) is 11.5 Å². The summed E-state index contributed by atoms with van der Waals surface area (Å²) in [6.45, 7) is 0.828. The number of amides is 1. The van der Waals surface area contributed by atoms with Gasteiger partial charge in [-0.15, -0.1) is 0 Å². The van der Waals surface area contributed by atoms with Crippen LogP contribution in [-0.2, 0) is 20.1 Å². The molecule has 1 amide bonds. The van der Waals surface area contributed by atoms with Crippen LogP contribution in [0.3, 0.4) is 0 Å². The summed E-state index contributed by atoms with van der Waals surface area (Å²) < 4.78 is 21.7. The Morgan fingerprint density at radius 1 is 1.12 bits per heavy atom. The van der Waals surface area contributed by atoms with Gasteiger partial charge in [-0.2, -0.15) is 5.10 Å². The summed E-state index contributed by atoms with van der Waals surface area (Å²) in [5, 5.41) is 4.30. The van der Waals surface area contributed by atoms with Gasteiger partial charge in [0.25, 0.3) is 5.91 Å². The number of para-hydroxylation sites is 1. The van der Waals surface area contributed by atoms with Crippen LogP contribution < -0.4 is 4.74 Å². The second kappa shape index (κ2) is 8.09. The lowest BCUT2D eigenvalue weighted by molar-refractivity contribution is 0.0764. The molecule has 6 nitrogen and oxygen atoms in total. The van der Waals surface area contributed by atoms with Crippen molar-refractivity contribution in [3.8, 4) is 22.8 Å². The molecule has 0 spiro atoms. The molecule has 0 saturated carbocycles. The highest BCUT2D eigenvalue weighted by Crippen LogP contribution is 2.37. The van der Waals surface area contributed by atoms with Crippen molar-refractivity contribution in [1.82, 2.24) is 19.7 Å². The van der Waals surface area contributed by atoms with Crippen LogP contribution >= 0.6 is 11.6 Å². The maximum atomic E-state index is 14.2. The molecule has 8 heteroatoms. The lowest BCUT2D eigenvalue weighted by Crippen LogP contribution is -2.23. The molecule has 0 aliphatic carbocycles. The molecule has 0 N–H and O–H groups in total. The van der Waals surface area contributed by atoms with E-state index in [-0.39, 0.29) is 22.4 Å². The van der Waals surface area contributed by atoms with Gasteiger partial charge in [0.05, 0.1) is 22.5 Å². The average molecular weight is 449 g/mol. The first-order valence-electron chi connectivity index (χ1n) is 9.96. The van der Waals surface area contributed by atoms with Crippen molar-refractivity contribution < 1.29 is 13.9 Å². The molecular weight excluding hydrogens is 431 g/mol. The minimum Gasteiger partial charge on any atom is -0.452 e. The Hall–Kier alpha value is -3.71. The van der Waals surface area contributed by atoms with Crippen molar-refractivity contribution in [2.75, 3.05) is 0 Å². The Morgan fingerprint density at radius 3 is 2.69 bits per heavy atom. The maximum Gasteiger partial charge on any atom is 0.258 e. The molecule has 1 aliphatic heterocycles. The number of pyridine rings is 1. The first-order chi connectivity index (χ1) is 15.5. The van der Waals surface area contributed by atoms with Gasteiger partial charge in [-0.1, -0.05) is 35.9 Å². The van der Waals surface area contributed by atoms with Gasteiger partial charge in [-0.25, -0.2) is 4.39 Å². The van der Waals surface area contributed by atoms with Gasteiger partial charge in [-0.05, 0) is 35.4 Å². The van der Waals surface area contributed by atoms with E-state index in [0.29, 0.717) is 18.7 Å². The molecule has 1 aliphatic rings. The van der Waals surface area contributed by atoms with Crippen molar-refractivity contribution in [2.24, 2.45) is 7.05 Å². The van der Waals surface area contributed by atoms with Crippen molar-refractivity contribution >= 4 is 17.5 Å². The quantitative estimate of drug-likeness (QED) is 0.420. The fraction of sp³-hybridized carbons (Fsp3) is 0.125. The van der Waals surface area contributed by atoms with Crippen molar-refractivity contribution in [1.29, 1.82) is 0 Å². The van der Waals surface area contributed by atoms with Gasteiger partial charge in [0.15, 0.2) is 11.6 Å². The van der Waals surface area contributed by atoms with Gasteiger partial charge in [0.2, 0.25) is 0 Å². The molecule has 2 aromatic heterocycles. The summed E-state index contributed by atoms with van der Waals surface area (Å²) in [5.41, 5.74) is 3.89. The number of ether oxygens (including phenoxy) is 1. The van der Waals surface area contributed by atoms with E-state index in [1.807, 2.05) is 31.4 Å². The van der Waals surface area contributed by atoms with E-state index in [1.54, 1.807) is 40.2 Å². The molecular formula is C24H18ClFN4O2. The number of hydrogen-bond acceptors (Lipinski definition) is 4. The molecule has 2 aromatic carbocycles. The topological polar surface area (TPSA) is 60.2 Å². The lowest BCUT2D eigenvalue weighted by Gasteiger charge is -2.16. The number of rotatable bonds is 5. The normalized spacial score (nSPS) is 12.8.